The number of carbonyl (C=O) groups excluding carboxylic acids is 2. The lowest BCUT2D eigenvalue weighted by Crippen LogP contribution is -2.50. The van der Waals surface area contributed by atoms with Crippen LogP contribution in [0.4, 0.5) is 0 Å². The Morgan fingerprint density at radius 3 is 2.44 bits per heavy atom. The second kappa shape index (κ2) is 6.92. The van der Waals surface area contributed by atoms with E-state index in [-0.39, 0.29) is 37.2 Å². The van der Waals surface area contributed by atoms with Gasteiger partial charge in [0.25, 0.3) is 0 Å². The van der Waals surface area contributed by atoms with Crippen molar-refractivity contribution in [3.8, 4) is 0 Å². The minimum absolute atomic E-state index is 0. The van der Waals surface area contributed by atoms with Crippen LogP contribution in [0.15, 0.2) is 0 Å². The summed E-state index contributed by atoms with van der Waals surface area (Å²) >= 11 is 0. The topological polar surface area (TPSA) is 92.9 Å². The summed E-state index contributed by atoms with van der Waals surface area (Å²) in [5.41, 5.74) is 5.76. The van der Waals surface area contributed by atoms with Crippen molar-refractivity contribution in [2.24, 2.45) is 11.7 Å². The van der Waals surface area contributed by atoms with E-state index in [1.54, 1.807) is 0 Å². The normalized spacial score (nSPS) is 24.7. The van der Waals surface area contributed by atoms with Gasteiger partial charge in [-0.15, -0.1) is 12.4 Å². The molecule has 1 aliphatic rings. The molecule has 0 saturated carbocycles. The maximum absolute atomic E-state index is 12.0. The molecular formula is C11H21ClN2O4. The van der Waals surface area contributed by atoms with E-state index in [1.807, 2.05) is 13.8 Å². The molecule has 0 unspecified atom stereocenters. The molecule has 1 amide bonds. The van der Waals surface area contributed by atoms with E-state index < -0.39 is 24.2 Å². The fourth-order valence-corrected chi connectivity index (χ4v) is 1.89. The van der Waals surface area contributed by atoms with Crippen LogP contribution in [0.5, 0.6) is 0 Å². The number of carbonyl (C=O) groups is 2. The Morgan fingerprint density at radius 2 is 2.00 bits per heavy atom. The molecule has 1 rings (SSSR count). The highest BCUT2D eigenvalue weighted by atomic mass is 35.5. The molecule has 3 N–H and O–H groups in total. The Morgan fingerprint density at radius 1 is 1.44 bits per heavy atom. The maximum Gasteiger partial charge on any atom is 0.328 e. The van der Waals surface area contributed by atoms with Crippen molar-refractivity contribution in [1.82, 2.24) is 4.90 Å². The van der Waals surface area contributed by atoms with Crippen molar-refractivity contribution in [3.63, 3.8) is 0 Å². The monoisotopic (exact) mass is 280 g/mol. The van der Waals surface area contributed by atoms with Gasteiger partial charge in [-0.25, -0.2) is 4.79 Å². The van der Waals surface area contributed by atoms with E-state index in [1.165, 1.54) is 12.0 Å². The van der Waals surface area contributed by atoms with Crippen LogP contribution in [0.2, 0.25) is 0 Å². The number of nitrogens with zero attached hydrogens (tertiary/aromatic N) is 1. The zero-order valence-electron chi connectivity index (χ0n) is 10.8. The maximum atomic E-state index is 12.0. The van der Waals surface area contributed by atoms with Crippen molar-refractivity contribution in [2.45, 2.75) is 38.5 Å². The van der Waals surface area contributed by atoms with Gasteiger partial charge in [0.1, 0.15) is 6.04 Å². The molecule has 0 aromatic rings. The van der Waals surface area contributed by atoms with Gasteiger partial charge < -0.3 is 20.5 Å². The van der Waals surface area contributed by atoms with Gasteiger partial charge >= 0.3 is 5.97 Å². The zero-order chi connectivity index (χ0) is 13.2. The predicted octanol–water partition coefficient (Wildman–Crippen LogP) is -0.474. The Labute approximate surface area is 113 Å². The molecule has 6 nitrogen and oxygen atoms in total. The average molecular weight is 281 g/mol. The van der Waals surface area contributed by atoms with Gasteiger partial charge in [-0.1, -0.05) is 13.8 Å². The number of methoxy groups -OCH3 is 1. The number of amides is 1. The summed E-state index contributed by atoms with van der Waals surface area (Å²) in [6.07, 6.45) is -0.481. The molecule has 1 aliphatic heterocycles. The first-order chi connectivity index (χ1) is 7.88. The minimum Gasteiger partial charge on any atom is -0.467 e. The number of esters is 1. The summed E-state index contributed by atoms with van der Waals surface area (Å²) in [6, 6.07) is -1.38. The second-order valence-corrected chi connectivity index (χ2v) is 4.69. The molecule has 0 aromatic heterocycles. The number of ether oxygens (including phenoxy) is 1. The van der Waals surface area contributed by atoms with Crippen molar-refractivity contribution >= 4 is 24.3 Å². The first-order valence-electron chi connectivity index (χ1n) is 5.70. The zero-order valence-corrected chi connectivity index (χ0v) is 11.6. The number of hydrogen-bond donors (Lipinski definition) is 2. The van der Waals surface area contributed by atoms with E-state index >= 15 is 0 Å². The van der Waals surface area contributed by atoms with Gasteiger partial charge in [0.15, 0.2) is 0 Å². The molecule has 0 aliphatic carbocycles. The van der Waals surface area contributed by atoms with Crippen LogP contribution in [0.1, 0.15) is 20.3 Å². The van der Waals surface area contributed by atoms with Gasteiger partial charge in [-0.05, 0) is 5.92 Å². The van der Waals surface area contributed by atoms with Gasteiger partial charge in [-0.2, -0.15) is 0 Å². The molecule has 0 aromatic carbocycles. The average Bonchev–Trinajstić information content (AvgIpc) is 2.68. The predicted molar refractivity (Wildman–Crippen MR) is 68.2 cm³/mol. The van der Waals surface area contributed by atoms with Crippen LogP contribution in [-0.4, -0.2) is 53.7 Å². The fourth-order valence-electron chi connectivity index (χ4n) is 1.89. The van der Waals surface area contributed by atoms with Crippen LogP contribution < -0.4 is 5.73 Å². The molecule has 0 bridgehead atoms. The Bertz CT molecular complexity index is 311. The summed E-state index contributed by atoms with van der Waals surface area (Å²) in [4.78, 5) is 24.9. The quantitative estimate of drug-likeness (QED) is 0.682. The molecule has 18 heavy (non-hydrogen) atoms. The minimum atomic E-state index is -0.715. The van der Waals surface area contributed by atoms with Crippen molar-refractivity contribution < 1.29 is 19.4 Å². The van der Waals surface area contributed by atoms with Crippen molar-refractivity contribution in [2.75, 3.05) is 13.7 Å². The third kappa shape index (κ3) is 3.57. The van der Waals surface area contributed by atoms with Crippen LogP contribution in [0, 0.1) is 5.92 Å². The summed E-state index contributed by atoms with van der Waals surface area (Å²) in [7, 11) is 1.26. The molecular weight excluding hydrogens is 260 g/mol. The third-order valence-corrected chi connectivity index (χ3v) is 3.04. The number of aliphatic hydroxyl groups excluding tert-OH is 1. The highest BCUT2D eigenvalue weighted by Gasteiger charge is 2.41. The van der Waals surface area contributed by atoms with Crippen LogP contribution >= 0.6 is 12.4 Å². The lowest BCUT2D eigenvalue weighted by Gasteiger charge is -2.26. The number of rotatable bonds is 3. The Kier molecular flexibility index (Phi) is 6.59. The standard InChI is InChI=1S/C11H20N2O4.ClH/c1-6(2)9(12)10(15)13-5-7(14)4-8(13)11(16)17-3;/h6-9,14H,4-5,12H2,1-3H3;1H/t7-,8+,9+;/m1./s1. The molecule has 1 heterocycles. The van der Waals surface area contributed by atoms with E-state index in [4.69, 9.17) is 5.73 Å². The molecule has 1 saturated heterocycles. The van der Waals surface area contributed by atoms with Gasteiger partial charge in [0, 0.05) is 13.0 Å². The highest BCUT2D eigenvalue weighted by molar-refractivity contribution is 5.88. The molecule has 7 heteroatoms. The highest BCUT2D eigenvalue weighted by Crippen LogP contribution is 2.20. The SMILES string of the molecule is COC(=O)[C@@H]1C[C@@H](O)CN1C(=O)[C@@H](N)C(C)C.Cl. The molecule has 106 valence electrons. The van der Waals surface area contributed by atoms with E-state index in [0.29, 0.717) is 0 Å². The summed E-state index contributed by atoms with van der Waals surface area (Å²) in [6.45, 7) is 3.81. The molecule has 1 fully saturated rings. The Balaban J connectivity index is 0.00000289. The van der Waals surface area contributed by atoms with Gasteiger partial charge in [-0.3, -0.25) is 4.79 Å². The van der Waals surface area contributed by atoms with Gasteiger partial charge in [0.05, 0.1) is 19.3 Å². The largest absolute Gasteiger partial charge is 0.467 e. The lowest BCUT2D eigenvalue weighted by molar-refractivity contribution is -0.151. The van der Waals surface area contributed by atoms with E-state index in [9.17, 15) is 14.7 Å². The molecule has 0 spiro atoms. The van der Waals surface area contributed by atoms with E-state index in [2.05, 4.69) is 4.74 Å². The summed E-state index contributed by atoms with van der Waals surface area (Å²) in [5, 5.41) is 9.54. The number of aliphatic hydroxyl groups is 1. The third-order valence-electron chi connectivity index (χ3n) is 3.04. The Hall–Kier alpha value is -0.850. The van der Waals surface area contributed by atoms with Crippen LogP contribution in [-0.2, 0) is 14.3 Å². The van der Waals surface area contributed by atoms with Crippen molar-refractivity contribution in [3.05, 3.63) is 0 Å². The summed E-state index contributed by atoms with van der Waals surface area (Å²) in [5.74, 6) is -0.837. The lowest BCUT2D eigenvalue weighted by atomic mass is 10.0. The number of β-amino-alcohol motifs (C(OH)–C–C–N with tert-alkyl or cyclic N) is 1. The fraction of sp³-hybridized carbons (Fsp3) is 0.818. The number of halogens is 1. The molecule has 3 atom stereocenters. The van der Waals surface area contributed by atoms with Crippen molar-refractivity contribution in [1.29, 1.82) is 0 Å². The second-order valence-electron chi connectivity index (χ2n) is 4.69. The van der Waals surface area contributed by atoms with Crippen LogP contribution in [0.3, 0.4) is 0 Å². The number of hydrogen-bond acceptors (Lipinski definition) is 5. The van der Waals surface area contributed by atoms with Gasteiger partial charge in [0.2, 0.25) is 5.91 Å². The van der Waals surface area contributed by atoms with Crippen LogP contribution in [0.25, 0.3) is 0 Å². The number of likely N-dealkylation sites (tertiary alicyclic amines) is 1. The first-order valence-corrected chi connectivity index (χ1v) is 5.70. The molecule has 0 radical (unpaired) electrons. The first kappa shape index (κ1) is 17.2. The van der Waals surface area contributed by atoms with E-state index in [0.717, 1.165) is 0 Å². The number of nitrogens with two attached hydrogens (primary N) is 1. The summed E-state index contributed by atoms with van der Waals surface area (Å²) < 4.78 is 4.62. The smallest absolute Gasteiger partial charge is 0.328 e.